The van der Waals surface area contributed by atoms with E-state index in [2.05, 4.69) is 17.0 Å². The van der Waals surface area contributed by atoms with E-state index in [9.17, 15) is 4.79 Å². The number of nitrogens with one attached hydrogen (secondary N) is 1. The van der Waals surface area contributed by atoms with Gasteiger partial charge in [-0.15, -0.1) is 0 Å². The molecule has 0 spiro atoms. The molecular formula is C7H16N2O2. The zero-order valence-corrected chi connectivity index (χ0v) is 6.93. The number of rotatable bonds is 6. The largest absolute Gasteiger partial charge is 0.450 e. The molecule has 0 radical (unpaired) electrons. The molecular weight excluding hydrogens is 144 g/mol. The quantitative estimate of drug-likeness (QED) is 0.555. The van der Waals surface area contributed by atoms with Gasteiger partial charge < -0.3 is 15.8 Å². The summed E-state index contributed by atoms with van der Waals surface area (Å²) in [6.45, 7) is 4.44. The van der Waals surface area contributed by atoms with Crippen LogP contribution < -0.4 is 11.1 Å². The van der Waals surface area contributed by atoms with Crippen LogP contribution in [0.15, 0.2) is 0 Å². The van der Waals surface area contributed by atoms with E-state index in [0.29, 0.717) is 6.61 Å². The van der Waals surface area contributed by atoms with E-state index < -0.39 is 6.09 Å². The van der Waals surface area contributed by atoms with Crippen molar-refractivity contribution >= 4 is 6.09 Å². The minimum Gasteiger partial charge on any atom is -0.450 e. The van der Waals surface area contributed by atoms with Gasteiger partial charge in [0.05, 0.1) is 6.61 Å². The molecule has 0 aliphatic carbocycles. The average Bonchev–Trinajstić information content (AvgIpc) is 1.96. The minimum absolute atomic E-state index is 0.431. The van der Waals surface area contributed by atoms with Crippen molar-refractivity contribution in [3.63, 3.8) is 0 Å². The number of ether oxygens (including phenoxy) is 1. The van der Waals surface area contributed by atoms with Crippen LogP contribution in [-0.2, 0) is 4.74 Å². The molecule has 0 heterocycles. The number of amides is 1. The minimum atomic E-state index is -0.687. The lowest BCUT2D eigenvalue weighted by Gasteiger charge is -2.01. The Bertz CT molecular complexity index is 107. The SMILES string of the molecule is CCNCCCCOC(N)=O. The third-order valence-corrected chi connectivity index (χ3v) is 1.24. The Kier molecular flexibility index (Phi) is 6.82. The summed E-state index contributed by atoms with van der Waals surface area (Å²) in [4.78, 5) is 10.1. The maximum Gasteiger partial charge on any atom is 0.404 e. The van der Waals surface area contributed by atoms with E-state index in [1.165, 1.54) is 0 Å². The van der Waals surface area contributed by atoms with E-state index in [1.807, 2.05) is 0 Å². The van der Waals surface area contributed by atoms with Gasteiger partial charge in [0.2, 0.25) is 0 Å². The number of carbonyl (C=O) groups excluding carboxylic acids is 1. The number of unbranched alkanes of at least 4 members (excludes halogenated alkanes) is 1. The molecule has 0 fully saturated rings. The normalized spacial score (nSPS) is 9.55. The maximum absolute atomic E-state index is 10.1. The van der Waals surface area contributed by atoms with Gasteiger partial charge in [-0.05, 0) is 25.9 Å². The zero-order valence-electron chi connectivity index (χ0n) is 6.93. The fraction of sp³-hybridized carbons (Fsp3) is 0.857. The summed E-state index contributed by atoms with van der Waals surface area (Å²) < 4.78 is 4.53. The standard InChI is InChI=1S/C7H16N2O2/c1-2-9-5-3-4-6-11-7(8)10/h9H,2-6H2,1H3,(H2,8,10). The molecule has 0 atom stereocenters. The smallest absolute Gasteiger partial charge is 0.404 e. The zero-order chi connectivity index (χ0) is 8.53. The fourth-order valence-corrected chi connectivity index (χ4v) is 0.702. The Balaban J connectivity index is 2.85. The number of nitrogens with two attached hydrogens (primary N) is 1. The fourth-order valence-electron chi connectivity index (χ4n) is 0.702. The Morgan fingerprint density at radius 1 is 1.55 bits per heavy atom. The van der Waals surface area contributed by atoms with Gasteiger partial charge in [0.25, 0.3) is 0 Å². The Labute approximate surface area is 67.1 Å². The second-order valence-electron chi connectivity index (χ2n) is 2.23. The molecule has 11 heavy (non-hydrogen) atoms. The average molecular weight is 160 g/mol. The van der Waals surface area contributed by atoms with Crippen molar-refractivity contribution in [1.29, 1.82) is 0 Å². The van der Waals surface area contributed by atoms with E-state index in [4.69, 9.17) is 5.73 Å². The van der Waals surface area contributed by atoms with Crippen LogP contribution in [0.25, 0.3) is 0 Å². The first kappa shape index (κ1) is 10.2. The van der Waals surface area contributed by atoms with Gasteiger partial charge in [0.15, 0.2) is 0 Å². The predicted octanol–water partition coefficient (Wildman–Crippen LogP) is 0.471. The molecule has 0 rings (SSSR count). The number of carbonyl (C=O) groups is 1. The van der Waals surface area contributed by atoms with Crippen molar-refractivity contribution in [2.75, 3.05) is 19.7 Å². The van der Waals surface area contributed by atoms with E-state index in [-0.39, 0.29) is 0 Å². The molecule has 0 aromatic carbocycles. The molecule has 4 heteroatoms. The number of primary amides is 1. The highest BCUT2D eigenvalue weighted by atomic mass is 16.5. The second-order valence-corrected chi connectivity index (χ2v) is 2.23. The van der Waals surface area contributed by atoms with Crippen LogP contribution in [0.2, 0.25) is 0 Å². The molecule has 0 aromatic heterocycles. The van der Waals surface area contributed by atoms with Gasteiger partial charge >= 0.3 is 6.09 Å². The maximum atomic E-state index is 10.1. The van der Waals surface area contributed by atoms with Crippen LogP contribution in [0, 0.1) is 0 Å². The highest BCUT2D eigenvalue weighted by molar-refractivity contribution is 5.64. The summed E-state index contributed by atoms with van der Waals surface area (Å²) in [6, 6.07) is 0. The van der Waals surface area contributed by atoms with Crippen LogP contribution in [0.3, 0.4) is 0 Å². The monoisotopic (exact) mass is 160 g/mol. The van der Waals surface area contributed by atoms with Crippen LogP contribution in [0.5, 0.6) is 0 Å². The van der Waals surface area contributed by atoms with Crippen molar-refractivity contribution in [3.05, 3.63) is 0 Å². The Morgan fingerprint density at radius 3 is 2.82 bits per heavy atom. The van der Waals surface area contributed by atoms with Crippen LogP contribution in [0.4, 0.5) is 4.79 Å². The number of hydrogen-bond donors (Lipinski definition) is 2. The van der Waals surface area contributed by atoms with E-state index in [1.54, 1.807) is 0 Å². The molecule has 0 aliphatic heterocycles. The lowest BCUT2D eigenvalue weighted by molar-refractivity contribution is 0.154. The predicted molar refractivity (Wildman–Crippen MR) is 43.3 cm³/mol. The van der Waals surface area contributed by atoms with Crippen LogP contribution in [-0.4, -0.2) is 25.8 Å². The van der Waals surface area contributed by atoms with Gasteiger partial charge in [0.1, 0.15) is 0 Å². The molecule has 4 nitrogen and oxygen atoms in total. The third-order valence-electron chi connectivity index (χ3n) is 1.24. The Morgan fingerprint density at radius 2 is 2.27 bits per heavy atom. The van der Waals surface area contributed by atoms with Gasteiger partial charge in [-0.1, -0.05) is 6.92 Å². The molecule has 0 saturated heterocycles. The molecule has 66 valence electrons. The molecule has 3 N–H and O–H groups in total. The van der Waals surface area contributed by atoms with Gasteiger partial charge in [-0.2, -0.15) is 0 Å². The lowest BCUT2D eigenvalue weighted by atomic mass is 10.3. The summed E-state index contributed by atoms with van der Waals surface area (Å²) in [5, 5.41) is 3.16. The summed E-state index contributed by atoms with van der Waals surface area (Å²) in [5.41, 5.74) is 4.76. The Hall–Kier alpha value is -0.770. The molecule has 0 aliphatic rings. The first-order valence-corrected chi connectivity index (χ1v) is 3.90. The van der Waals surface area contributed by atoms with Crippen molar-refractivity contribution < 1.29 is 9.53 Å². The van der Waals surface area contributed by atoms with Crippen molar-refractivity contribution in [2.45, 2.75) is 19.8 Å². The summed E-state index contributed by atoms with van der Waals surface area (Å²) in [5.74, 6) is 0. The summed E-state index contributed by atoms with van der Waals surface area (Å²) >= 11 is 0. The second kappa shape index (κ2) is 7.34. The van der Waals surface area contributed by atoms with Crippen LogP contribution >= 0.6 is 0 Å². The molecule has 0 aromatic rings. The number of hydrogen-bond acceptors (Lipinski definition) is 3. The van der Waals surface area contributed by atoms with Crippen molar-refractivity contribution in [1.82, 2.24) is 5.32 Å². The van der Waals surface area contributed by atoms with E-state index >= 15 is 0 Å². The topological polar surface area (TPSA) is 64.3 Å². The first-order chi connectivity index (χ1) is 5.27. The summed E-state index contributed by atoms with van der Waals surface area (Å²) in [6.07, 6.45) is 1.20. The van der Waals surface area contributed by atoms with Crippen molar-refractivity contribution in [3.8, 4) is 0 Å². The van der Waals surface area contributed by atoms with Crippen LogP contribution in [0.1, 0.15) is 19.8 Å². The van der Waals surface area contributed by atoms with Crippen molar-refractivity contribution in [2.24, 2.45) is 5.73 Å². The molecule has 0 bridgehead atoms. The van der Waals surface area contributed by atoms with E-state index in [0.717, 1.165) is 25.9 Å². The third kappa shape index (κ3) is 9.23. The molecule has 0 unspecified atom stereocenters. The van der Waals surface area contributed by atoms with Gasteiger partial charge in [-0.25, -0.2) is 4.79 Å². The molecule has 0 saturated carbocycles. The first-order valence-electron chi connectivity index (χ1n) is 3.90. The van der Waals surface area contributed by atoms with Gasteiger partial charge in [-0.3, -0.25) is 0 Å². The van der Waals surface area contributed by atoms with Gasteiger partial charge in [0, 0.05) is 0 Å². The lowest BCUT2D eigenvalue weighted by Crippen LogP contribution is -2.16. The summed E-state index contributed by atoms with van der Waals surface area (Å²) in [7, 11) is 0. The molecule has 1 amide bonds. The highest BCUT2D eigenvalue weighted by Gasteiger charge is 1.92. The highest BCUT2D eigenvalue weighted by Crippen LogP contribution is 1.87.